The molecule has 0 aromatic heterocycles. The molecule has 0 saturated carbocycles. The molecule has 1 aliphatic rings. The van der Waals surface area contributed by atoms with Crippen molar-refractivity contribution in [1.29, 1.82) is 0 Å². The summed E-state index contributed by atoms with van der Waals surface area (Å²) in [5.74, 6) is 0. The first kappa shape index (κ1) is 14.9. The summed E-state index contributed by atoms with van der Waals surface area (Å²) in [5.41, 5.74) is 5.37. The third kappa shape index (κ3) is 6.95. The van der Waals surface area contributed by atoms with Crippen LogP contribution in [0.5, 0.6) is 0 Å². The van der Waals surface area contributed by atoms with E-state index in [1.54, 1.807) is 0 Å². The number of ether oxygens (including phenoxy) is 1. The van der Waals surface area contributed by atoms with Gasteiger partial charge in [0.15, 0.2) is 0 Å². The third-order valence-corrected chi connectivity index (χ3v) is 3.14. The average Bonchev–Trinajstić information content (AvgIpc) is 2.33. The Labute approximate surface area is 105 Å². The predicted octanol–water partition coefficient (Wildman–Crippen LogP) is -0.859. The second-order valence-electron chi connectivity index (χ2n) is 4.89. The topological polar surface area (TPSA) is 45.0 Å². The van der Waals surface area contributed by atoms with E-state index in [0.29, 0.717) is 13.2 Å². The molecule has 2 N–H and O–H groups in total. The highest BCUT2D eigenvalue weighted by atomic mass is 16.5. The van der Waals surface area contributed by atoms with Crippen LogP contribution in [0.4, 0.5) is 0 Å². The zero-order valence-corrected chi connectivity index (χ0v) is 11.4. The lowest BCUT2D eigenvalue weighted by atomic mass is 10.3. The molecule has 1 fully saturated rings. The number of piperazine rings is 1. The SMILES string of the molecule is CN(C)CCN1CCN(CCOCCN)CC1. The molecule has 0 aromatic carbocycles. The predicted molar refractivity (Wildman–Crippen MR) is 71.3 cm³/mol. The van der Waals surface area contributed by atoms with E-state index in [-0.39, 0.29) is 0 Å². The van der Waals surface area contributed by atoms with E-state index in [9.17, 15) is 0 Å². The molecule has 0 unspecified atom stereocenters. The monoisotopic (exact) mass is 244 g/mol. The molecule has 0 amide bonds. The van der Waals surface area contributed by atoms with E-state index < -0.39 is 0 Å². The molecule has 1 saturated heterocycles. The summed E-state index contributed by atoms with van der Waals surface area (Å²) in [6.07, 6.45) is 0. The first-order valence-corrected chi connectivity index (χ1v) is 6.59. The molecule has 0 aromatic rings. The van der Waals surface area contributed by atoms with Crippen LogP contribution in [0.3, 0.4) is 0 Å². The second-order valence-corrected chi connectivity index (χ2v) is 4.89. The molecule has 1 rings (SSSR count). The van der Waals surface area contributed by atoms with Crippen LogP contribution in [0, 0.1) is 0 Å². The van der Waals surface area contributed by atoms with Gasteiger partial charge in [-0.25, -0.2) is 0 Å². The average molecular weight is 244 g/mol. The fraction of sp³-hybridized carbons (Fsp3) is 1.00. The minimum Gasteiger partial charge on any atom is -0.379 e. The van der Waals surface area contributed by atoms with Crippen LogP contribution in [0.15, 0.2) is 0 Å². The van der Waals surface area contributed by atoms with Gasteiger partial charge in [-0.15, -0.1) is 0 Å². The number of hydrogen-bond donors (Lipinski definition) is 1. The lowest BCUT2D eigenvalue weighted by Crippen LogP contribution is -2.48. The van der Waals surface area contributed by atoms with Crippen LogP contribution in [-0.4, -0.2) is 94.4 Å². The van der Waals surface area contributed by atoms with Crippen molar-refractivity contribution in [1.82, 2.24) is 14.7 Å². The Morgan fingerprint density at radius 1 is 1.00 bits per heavy atom. The van der Waals surface area contributed by atoms with Crippen molar-refractivity contribution in [3.63, 3.8) is 0 Å². The van der Waals surface area contributed by atoms with Crippen LogP contribution in [-0.2, 0) is 4.74 Å². The molecule has 0 bridgehead atoms. The number of nitrogens with two attached hydrogens (primary N) is 1. The van der Waals surface area contributed by atoms with E-state index in [1.807, 2.05) is 0 Å². The minimum atomic E-state index is 0.623. The molecule has 0 aliphatic carbocycles. The maximum atomic E-state index is 5.40. The van der Waals surface area contributed by atoms with Crippen LogP contribution in [0.25, 0.3) is 0 Å². The van der Waals surface area contributed by atoms with Crippen molar-refractivity contribution in [2.75, 3.05) is 79.7 Å². The maximum absolute atomic E-state index is 5.40. The Bertz CT molecular complexity index is 181. The first-order valence-electron chi connectivity index (χ1n) is 6.59. The van der Waals surface area contributed by atoms with Gasteiger partial charge in [-0.3, -0.25) is 9.80 Å². The molecule has 5 heteroatoms. The number of nitrogens with zero attached hydrogens (tertiary/aromatic N) is 3. The van der Waals surface area contributed by atoms with Crippen molar-refractivity contribution < 1.29 is 4.74 Å². The zero-order valence-electron chi connectivity index (χ0n) is 11.4. The van der Waals surface area contributed by atoms with E-state index in [2.05, 4.69) is 28.8 Å². The quantitative estimate of drug-likeness (QED) is 0.563. The Morgan fingerprint density at radius 3 is 2.12 bits per heavy atom. The molecule has 17 heavy (non-hydrogen) atoms. The van der Waals surface area contributed by atoms with Crippen molar-refractivity contribution >= 4 is 0 Å². The number of rotatable bonds is 8. The van der Waals surface area contributed by atoms with E-state index in [1.165, 1.54) is 32.7 Å². The number of likely N-dealkylation sites (N-methyl/N-ethyl adjacent to an activating group) is 1. The molecular formula is C12H28N4O. The summed E-state index contributed by atoms with van der Waals surface area (Å²) >= 11 is 0. The summed E-state index contributed by atoms with van der Waals surface area (Å²) in [5, 5.41) is 0. The summed E-state index contributed by atoms with van der Waals surface area (Å²) in [7, 11) is 4.26. The van der Waals surface area contributed by atoms with Crippen LogP contribution in [0.1, 0.15) is 0 Å². The van der Waals surface area contributed by atoms with Gasteiger partial charge in [-0.2, -0.15) is 0 Å². The highest BCUT2D eigenvalue weighted by Crippen LogP contribution is 2.01. The fourth-order valence-corrected chi connectivity index (χ4v) is 1.96. The van der Waals surface area contributed by atoms with E-state index in [4.69, 9.17) is 10.5 Å². The number of hydrogen-bond acceptors (Lipinski definition) is 5. The highest BCUT2D eigenvalue weighted by molar-refractivity contribution is 4.72. The Morgan fingerprint density at radius 2 is 1.59 bits per heavy atom. The van der Waals surface area contributed by atoms with E-state index >= 15 is 0 Å². The molecular weight excluding hydrogens is 216 g/mol. The summed E-state index contributed by atoms with van der Waals surface area (Å²) in [4.78, 5) is 7.26. The van der Waals surface area contributed by atoms with Gasteiger partial charge in [0.25, 0.3) is 0 Å². The van der Waals surface area contributed by atoms with Crippen LogP contribution < -0.4 is 5.73 Å². The largest absolute Gasteiger partial charge is 0.379 e. The lowest BCUT2D eigenvalue weighted by Gasteiger charge is -2.35. The molecule has 0 atom stereocenters. The zero-order chi connectivity index (χ0) is 12.5. The smallest absolute Gasteiger partial charge is 0.0594 e. The molecule has 1 heterocycles. The second kappa shape index (κ2) is 8.83. The van der Waals surface area contributed by atoms with Crippen molar-refractivity contribution in [2.24, 2.45) is 5.73 Å². The normalized spacial score (nSPS) is 19.1. The first-order chi connectivity index (χ1) is 8.22. The van der Waals surface area contributed by atoms with Crippen molar-refractivity contribution in [2.45, 2.75) is 0 Å². The molecule has 102 valence electrons. The van der Waals surface area contributed by atoms with Crippen molar-refractivity contribution in [3.8, 4) is 0 Å². The molecule has 1 aliphatic heterocycles. The third-order valence-electron chi connectivity index (χ3n) is 3.14. The lowest BCUT2D eigenvalue weighted by molar-refractivity contribution is 0.0767. The van der Waals surface area contributed by atoms with Gasteiger partial charge in [-0.05, 0) is 14.1 Å². The molecule has 5 nitrogen and oxygen atoms in total. The highest BCUT2D eigenvalue weighted by Gasteiger charge is 2.15. The van der Waals surface area contributed by atoms with Gasteiger partial charge in [0.05, 0.1) is 13.2 Å². The Kier molecular flexibility index (Phi) is 7.72. The minimum absolute atomic E-state index is 0.623. The summed E-state index contributed by atoms with van der Waals surface area (Å²) in [6.45, 7) is 10.2. The van der Waals surface area contributed by atoms with Gasteiger partial charge < -0.3 is 15.4 Å². The Hall–Kier alpha value is -0.200. The summed E-state index contributed by atoms with van der Waals surface area (Å²) < 4.78 is 5.40. The summed E-state index contributed by atoms with van der Waals surface area (Å²) in [6, 6.07) is 0. The fourth-order valence-electron chi connectivity index (χ4n) is 1.96. The van der Waals surface area contributed by atoms with Gasteiger partial charge >= 0.3 is 0 Å². The van der Waals surface area contributed by atoms with Crippen molar-refractivity contribution in [3.05, 3.63) is 0 Å². The van der Waals surface area contributed by atoms with E-state index in [0.717, 1.165) is 19.7 Å². The molecule has 0 spiro atoms. The van der Waals surface area contributed by atoms with Crippen LogP contribution >= 0.6 is 0 Å². The molecule has 0 radical (unpaired) electrons. The Balaban J connectivity index is 2.01. The van der Waals surface area contributed by atoms with Gasteiger partial charge in [0.2, 0.25) is 0 Å². The van der Waals surface area contributed by atoms with Gasteiger partial charge in [-0.1, -0.05) is 0 Å². The van der Waals surface area contributed by atoms with Crippen LogP contribution in [0.2, 0.25) is 0 Å². The standard InChI is InChI=1S/C12H28N4O/c1-14(2)4-5-15-6-8-16(9-7-15)10-12-17-11-3-13/h3-13H2,1-2H3. The maximum Gasteiger partial charge on any atom is 0.0594 e. The van der Waals surface area contributed by atoms with Gasteiger partial charge in [0, 0.05) is 52.4 Å². The van der Waals surface area contributed by atoms with Gasteiger partial charge in [0.1, 0.15) is 0 Å².